The smallest absolute Gasteiger partial charge is 0.279 e. The molecule has 1 amide bonds. The lowest BCUT2D eigenvalue weighted by molar-refractivity contribution is 0.102. The van der Waals surface area contributed by atoms with Crippen LogP contribution in [0.2, 0.25) is 0 Å². The minimum absolute atomic E-state index is 0.0396. The van der Waals surface area contributed by atoms with Crippen LogP contribution in [0.15, 0.2) is 49.1 Å². The Morgan fingerprint density at radius 1 is 1.09 bits per heavy atom. The third-order valence-corrected chi connectivity index (χ3v) is 5.20. The molecule has 0 saturated carbocycles. The first-order valence-electron chi connectivity index (χ1n) is 11.1. The fraction of sp³-hybridized carbons (Fsp3) is 0.250. The average molecular weight is 461 g/mol. The molecule has 3 heterocycles. The summed E-state index contributed by atoms with van der Waals surface area (Å²) in [5, 5.41) is 3.28. The zero-order valence-electron chi connectivity index (χ0n) is 19.0. The van der Waals surface area contributed by atoms with E-state index in [2.05, 4.69) is 49.0 Å². The van der Waals surface area contributed by atoms with Crippen LogP contribution >= 0.6 is 0 Å². The molecule has 4 aromatic rings. The molecule has 1 aromatic carbocycles. The monoisotopic (exact) mass is 460 g/mol. The Labute approximate surface area is 196 Å². The molecule has 3 N–H and O–H groups in total. The third kappa shape index (κ3) is 4.75. The predicted octanol–water partition coefficient (Wildman–Crippen LogP) is 4.08. The Morgan fingerprint density at radius 2 is 1.88 bits per heavy atom. The number of aromatic nitrogens is 5. The Hall–Kier alpha value is -4.21. The number of carbonyl (C=O) groups is 1. The van der Waals surface area contributed by atoms with Gasteiger partial charge in [-0.2, -0.15) is 0 Å². The van der Waals surface area contributed by atoms with Crippen LogP contribution in [-0.2, 0) is 0 Å². The molecule has 0 fully saturated rings. The standard InChI is InChI=1S/C24H25FN8O/c1-3-10-33(11-4-2)19-6-5-9-27-23(19)32-24(34)21-22(26)28-13-18(31-21)20-16-12-15(25)7-8-17(16)29-14-30-20/h5-9,12-14H,3-4,10-11H2,1-2H3,(H2,26,28)(H,27,32,34). The number of anilines is 3. The van der Waals surface area contributed by atoms with Crippen LogP contribution in [0, 0.1) is 5.82 Å². The number of halogens is 1. The van der Waals surface area contributed by atoms with E-state index in [0.29, 0.717) is 22.4 Å². The number of pyridine rings is 1. The Kier molecular flexibility index (Phi) is 6.86. The van der Waals surface area contributed by atoms with Crippen LogP contribution in [-0.4, -0.2) is 43.9 Å². The second-order valence-electron chi connectivity index (χ2n) is 7.69. The van der Waals surface area contributed by atoms with Gasteiger partial charge in [-0.1, -0.05) is 13.8 Å². The summed E-state index contributed by atoms with van der Waals surface area (Å²) >= 11 is 0. The van der Waals surface area contributed by atoms with Crippen molar-refractivity contribution in [3.05, 3.63) is 60.6 Å². The van der Waals surface area contributed by atoms with Gasteiger partial charge >= 0.3 is 0 Å². The normalized spacial score (nSPS) is 10.9. The van der Waals surface area contributed by atoms with E-state index in [9.17, 15) is 9.18 Å². The maximum atomic E-state index is 13.9. The number of fused-ring (bicyclic) bond motifs is 1. The quantitative estimate of drug-likeness (QED) is 0.403. The van der Waals surface area contributed by atoms with E-state index in [0.717, 1.165) is 31.6 Å². The van der Waals surface area contributed by atoms with Crippen molar-refractivity contribution in [2.24, 2.45) is 0 Å². The zero-order chi connectivity index (χ0) is 24.1. The van der Waals surface area contributed by atoms with Crippen LogP contribution in [0.5, 0.6) is 0 Å². The van der Waals surface area contributed by atoms with Crippen molar-refractivity contribution in [2.75, 3.05) is 29.0 Å². The number of rotatable bonds is 8. The van der Waals surface area contributed by atoms with Crippen LogP contribution in [0.4, 0.5) is 21.7 Å². The minimum atomic E-state index is -0.552. The van der Waals surface area contributed by atoms with E-state index in [1.54, 1.807) is 12.3 Å². The highest BCUT2D eigenvalue weighted by Crippen LogP contribution is 2.27. The van der Waals surface area contributed by atoms with Gasteiger partial charge < -0.3 is 16.0 Å². The van der Waals surface area contributed by atoms with E-state index in [-0.39, 0.29) is 17.2 Å². The van der Waals surface area contributed by atoms with E-state index in [4.69, 9.17) is 5.73 Å². The summed E-state index contributed by atoms with van der Waals surface area (Å²) in [6.45, 7) is 5.86. The van der Waals surface area contributed by atoms with E-state index >= 15 is 0 Å². The summed E-state index contributed by atoms with van der Waals surface area (Å²) < 4.78 is 13.9. The molecule has 0 radical (unpaired) electrons. The summed E-state index contributed by atoms with van der Waals surface area (Å²) in [5.74, 6) is -0.613. The largest absolute Gasteiger partial charge is 0.382 e. The lowest BCUT2D eigenvalue weighted by atomic mass is 10.1. The van der Waals surface area contributed by atoms with Crippen LogP contribution in [0.25, 0.3) is 22.3 Å². The summed E-state index contributed by atoms with van der Waals surface area (Å²) in [6.07, 6.45) is 6.27. The minimum Gasteiger partial charge on any atom is -0.382 e. The van der Waals surface area contributed by atoms with Gasteiger partial charge in [-0.05, 0) is 43.2 Å². The molecular weight excluding hydrogens is 435 g/mol. The molecule has 3 aromatic heterocycles. The first-order valence-corrected chi connectivity index (χ1v) is 11.1. The number of carbonyl (C=O) groups excluding carboxylic acids is 1. The third-order valence-electron chi connectivity index (χ3n) is 5.20. The average Bonchev–Trinajstić information content (AvgIpc) is 2.84. The maximum absolute atomic E-state index is 13.9. The summed E-state index contributed by atoms with van der Waals surface area (Å²) in [4.78, 5) is 36.7. The molecule has 0 aliphatic carbocycles. The van der Waals surface area contributed by atoms with Crippen LogP contribution in [0.1, 0.15) is 37.2 Å². The van der Waals surface area contributed by atoms with Crippen molar-refractivity contribution >= 4 is 34.1 Å². The van der Waals surface area contributed by atoms with Crippen LogP contribution < -0.4 is 16.0 Å². The number of hydrogen-bond donors (Lipinski definition) is 2. The number of nitrogen functional groups attached to an aromatic ring is 1. The van der Waals surface area contributed by atoms with Crippen LogP contribution in [0.3, 0.4) is 0 Å². The van der Waals surface area contributed by atoms with Crippen molar-refractivity contribution in [2.45, 2.75) is 26.7 Å². The lowest BCUT2D eigenvalue weighted by Gasteiger charge is -2.25. The molecular formula is C24H25FN8O. The van der Waals surface area contributed by atoms with E-state index in [1.165, 1.54) is 24.7 Å². The predicted molar refractivity (Wildman–Crippen MR) is 130 cm³/mol. The molecule has 10 heteroatoms. The zero-order valence-corrected chi connectivity index (χ0v) is 19.0. The van der Waals surface area contributed by atoms with Gasteiger partial charge in [0.2, 0.25) is 0 Å². The molecule has 4 rings (SSSR count). The molecule has 0 unspecified atom stereocenters. The molecule has 9 nitrogen and oxygen atoms in total. The lowest BCUT2D eigenvalue weighted by Crippen LogP contribution is -2.27. The van der Waals surface area contributed by atoms with Gasteiger partial charge in [0, 0.05) is 24.7 Å². The molecule has 0 aliphatic rings. The topological polar surface area (TPSA) is 123 Å². The summed E-state index contributed by atoms with van der Waals surface area (Å²) in [6, 6.07) is 7.93. The van der Waals surface area contributed by atoms with Crippen molar-refractivity contribution in [3.63, 3.8) is 0 Å². The molecule has 0 bridgehead atoms. The molecule has 0 saturated heterocycles. The van der Waals surface area contributed by atoms with Crippen molar-refractivity contribution in [3.8, 4) is 11.4 Å². The molecule has 34 heavy (non-hydrogen) atoms. The van der Waals surface area contributed by atoms with Crippen molar-refractivity contribution in [1.29, 1.82) is 0 Å². The van der Waals surface area contributed by atoms with Gasteiger partial charge in [-0.25, -0.2) is 29.3 Å². The highest BCUT2D eigenvalue weighted by Gasteiger charge is 2.20. The first kappa shape index (κ1) is 23.0. The van der Waals surface area contributed by atoms with Crippen molar-refractivity contribution < 1.29 is 9.18 Å². The maximum Gasteiger partial charge on any atom is 0.279 e. The van der Waals surface area contributed by atoms with Gasteiger partial charge in [-0.15, -0.1) is 0 Å². The second kappa shape index (κ2) is 10.2. The molecule has 0 aliphatic heterocycles. The second-order valence-corrected chi connectivity index (χ2v) is 7.69. The number of benzene rings is 1. The van der Waals surface area contributed by atoms with Gasteiger partial charge in [0.25, 0.3) is 5.91 Å². The number of hydrogen-bond acceptors (Lipinski definition) is 8. The van der Waals surface area contributed by atoms with E-state index in [1.807, 2.05) is 12.1 Å². The summed E-state index contributed by atoms with van der Waals surface area (Å²) in [5.41, 5.74) is 7.91. The molecule has 0 atom stereocenters. The van der Waals surface area contributed by atoms with Crippen molar-refractivity contribution in [1.82, 2.24) is 24.9 Å². The van der Waals surface area contributed by atoms with Gasteiger partial charge in [0.05, 0.1) is 17.4 Å². The van der Waals surface area contributed by atoms with Gasteiger partial charge in [0.1, 0.15) is 23.5 Å². The van der Waals surface area contributed by atoms with Gasteiger partial charge in [-0.3, -0.25) is 4.79 Å². The number of amides is 1. The highest BCUT2D eigenvalue weighted by atomic mass is 19.1. The highest BCUT2D eigenvalue weighted by molar-refractivity contribution is 6.07. The number of nitrogens with zero attached hydrogens (tertiary/aromatic N) is 6. The van der Waals surface area contributed by atoms with Gasteiger partial charge in [0.15, 0.2) is 17.3 Å². The fourth-order valence-corrected chi connectivity index (χ4v) is 3.72. The number of nitrogens with two attached hydrogens (primary N) is 1. The Balaban J connectivity index is 1.70. The fourth-order valence-electron chi connectivity index (χ4n) is 3.72. The molecule has 174 valence electrons. The Morgan fingerprint density at radius 3 is 2.65 bits per heavy atom. The van der Waals surface area contributed by atoms with E-state index < -0.39 is 11.7 Å². The molecule has 0 spiro atoms. The SMILES string of the molecule is CCCN(CCC)c1cccnc1NC(=O)c1nc(-c2ncnc3ccc(F)cc23)cnc1N. The number of nitrogens with one attached hydrogen (secondary N) is 1. The first-order chi connectivity index (χ1) is 16.5. The Bertz CT molecular complexity index is 1320. The summed E-state index contributed by atoms with van der Waals surface area (Å²) in [7, 11) is 0.